The Morgan fingerprint density at radius 2 is 1.70 bits per heavy atom. The highest BCUT2D eigenvalue weighted by Crippen LogP contribution is 2.38. The number of fused-ring (bicyclic) bond motifs is 2. The SMILES string of the molecule is O=C(OC12CCCCC(CCCC1)O2)c1ccccc1. The molecule has 0 atom stereocenters. The summed E-state index contributed by atoms with van der Waals surface area (Å²) < 4.78 is 12.0. The molecule has 2 fully saturated rings. The fourth-order valence-electron chi connectivity index (χ4n) is 3.27. The summed E-state index contributed by atoms with van der Waals surface area (Å²) in [6.07, 6.45) is 8.66. The Kier molecular flexibility index (Phi) is 4.06. The Morgan fingerprint density at radius 1 is 1.05 bits per heavy atom. The Labute approximate surface area is 120 Å². The van der Waals surface area contributed by atoms with E-state index in [-0.39, 0.29) is 12.1 Å². The third-order valence-corrected chi connectivity index (χ3v) is 4.34. The minimum atomic E-state index is -0.676. The van der Waals surface area contributed by atoms with Gasteiger partial charge in [-0.05, 0) is 37.8 Å². The van der Waals surface area contributed by atoms with Crippen molar-refractivity contribution in [2.45, 2.75) is 63.3 Å². The van der Waals surface area contributed by atoms with Crippen molar-refractivity contribution in [1.82, 2.24) is 0 Å². The van der Waals surface area contributed by atoms with E-state index in [4.69, 9.17) is 9.47 Å². The minimum Gasteiger partial charge on any atom is -0.429 e. The lowest BCUT2D eigenvalue weighted by atomic mass is 9.99. The van der Waals surface area contributed by atoms with E-state index in [1.165, 1.54) is 12.8 Å². The number of carbonyl (C=O) groups excluding carboxylic acids is 1. The van der Waals surface area contributed by atoms with Gasteiger partial charge in [0, 0.05) is 12.8 Å². The van der Waals surface area contributed by atoms with E-state index in [1.807, 2.05) is 18.2 Å². The van der Waals surface area contributed by atoms with Crippen LogP contribution in [0.2, 0.25) is 0 Å². The summed E-state index contributed by atoms with van der Waals surface area (Å²) in [5, 5.41) is 0. The molecular formula is C17H22O3. The topological polar surface area (TPSA) is 35.5 Å². The summed E-state index contributed by atoms with van der Waals surface area (Å²) in [6, 6.07) is 9.21. The molecule has 2 aliphatic heterocycles. The summed E-state index contributed by atoms with van der Waals surface area (Å²) >= 11 is 0. The number of esters is 1. The van der Waals surface area contributed by atoms with Crippen LogP contribution in [0.4, 0.5) is 0 Å². The van der Waals surface area contributed by atoms with Gasteiger partial charge in [0.25, 0.3) is 0 Å². The average Bonchev–Trinajstić information content (AvgIpc) is 2.80. The van der Waals surface area contributed by atoms with Crippen molar-refractivity contribution in [3.63, 3.8) is 0 Å². The summed E-state index contributed by atoms with van der Waals surface area (Å²) in [7, 11) is 0. The van der Waals surface area contributed by atoms with Crippen molar-refractivity contribution >= 4 is 5.97 Å². The van der Waals surface area contributed by atoms with Crippen LogP contribution in [0.15, 0.2) is 30.3 Å². The zero-order chi connectivity index (χ0) is 13.8. The van der Waals surface area contributed by atoms with E-state index in [1.54, 1.807) is 12.1 Å². The lowest BCUT2D eigenvalue weighted by Crippen LogP contribution is -2.39. The van der Waals surface area contributed by atoms with Gasteiger partial charge in [0.15, 0.2) is 0 Å². The van der Waals surface area contributed by atoms with Crippen molar-refractivity contribution in [1.29, 1.82) is 0 Å². The van der Waals surface area contributed by atoms with Crippen molar-refractivity contribution in [2.75, 3.05) is 0 Å². The van der Waals surface area contributed by atoms with Crippen LogP contribution in [0, 0.1) is 0 Å². The van der Waals surface area contributed by atoms with Crippen molar-refractivity contribution < 1.29 is 14.3 Å². The number of hydrogen-bond acceptors (Lipinski definition) is 3. The molecule has 2 saturated heterocycles. The second-order valence-electron chi connectivity index (χ2n) is 5.90. The molecule has 0 aliphatic carbocycles. The van der Waals surface area contributed by atoms with Crippen LogP contribution in [0.5, 0.6) is 0 Å². The fraction of sp³-hybridized carbons (Fsp3) is 0.588. The van der Waals surface area contributed by atoms with Gasteiger partial charge in [0.1, 0.15) is 0 Å². The predicted octanol–water partition coefficient (Wildman–Crippen LogP) is 4.07. The molecular weight excluding hydrogens is 252 g/mol. The Balaban J connectivity index is 1.77. The lowest BCUT2D eigenvalue weighted by Gasteiger charge is -2.33. The molecule has 3 heteroatoms. The predicted molar refractivity (Wildman–Crippen MR) is 76.4 cm³/mol. The summed E-state index contributed by atoms with van der Waals surface area (Å²) in [5.74, 6) is -0.932. The van der Waals surface area contributed by atoms with Crippen molar-refractivity contribution in [2.24, 2.45) is 0 Å². The molecule has 1 aromatic carbocycles. The molecule has 0 spiro atoms. The van der Waals surface area contributed by atoms with E-state index in [9.17, 15) is 4.79 Å². The third-order valence-electron chi connectivity index (χ3n) is 4.34. The minimum absolute atomic E-state index is 0.256. The van der Waals surface area contributed by atoms with Crippen LogP contribution in [0.25, 0.3) is 0 Å². The van der Waals surface area contributed by atoms with Crippen LogP contribution >= 0.6 is 0 Å². The molecule has 20 heavy (non-hydrogen) atoms. The molecule has 0 saturated carbocycles. The first-order valence-electron chi connectivity index (χ1n) is 7.74. The van der Waals surface area contributed by atoms with Crippen molar-refractivity contribution in [3.8, 4) is 0 Å². The maximum Gasteiger partial charge on any atom is 0.340 e. The number of carbonyl (C=O) groups is 1. The maximum absolute atomic E-state index is 12.3. The van der Waals surface area contributed by atoms with Crippen molar-refractivity contribution in [3.05, 3.63) is 35.9 Å². The number of rotatable bonds is 2. The fourth-order valence-corrected chi connectivity index (χ4v) is 3.27. The molecule has 108 valence electrons. The van der Waals surface area contributed by atoms with Gasteiger partial charge in [-0.25, -0.2) is 4.79 Å². The second-order valence-corrected chi connectivity index (χ2v) is 5.90. The number of ether oxygens (including phenoxy) is 2. The van der Waals surface area contributed by atoms with Crippen LogP contribution < -0.4 is 0 Å². The standard InChI is InChI=1S/C17H22O3/c18-16(14-8-2-1-3-9-14)20-17-12-6-4-10-15(19-17)11-5-7-13-17/h1-3,8-9,15H,4-7,10-13H2. The average molecular weight is 274 g/mol. The maximum atomic E-state index is 12.3. The highest BCUT2D eigenvalue weighted by Gasteiger charge is 2.40. The molecule has 3 nitrogen and oxygen atoms in total. The molecule has 2 bridgehead atoms. The second kappa shape index (κ2) is 5.96. The van der Waals surface area contributed by atoms with E-state index in [0.717, 1.165) is 38.5 Å². The first kappa shape index (κ1) is 13.6. The molecule has 0 amide bonds. The zero-order valence-electron chi connectivity index (χ0n) is 11.8. The van der Waals surface area contributed by atoms with Gasteiger partial charge < -0.3 is 9.47 Å². The number of benzene rings is 1. The highest BCUT2D eigenvalue weighted by molar-refractivity contribution is 5.89. The molecule has 0 aromatic heterocycles. The monoisotopic (exact) mass is 274 g/mol. The van der Waals surface area contributed by atoms with Gasteiger partial charge in [-0.15, -0.1) is 0 Å². The van der Waals surface area contributed by atoms with Crippen LogP contribution in [0.3, 0.4) is 0 Å². The van der Waals surface area contributed by atoms with E-state index < -0.39 is 5.79 Å². The lowest BCUT2D eigenvalue weighted by molar-refractivity contribution is -0.226. The van der Waals surface area contributed by atoms with Crippen LogP contribution in [-0.2, 0) is 9.47 Å². The first-order valence-corrected chi connectivity index (χ1v) is 7.74. The van der Waals surface area contributed by atoms with Gasteiger partial charge in [0.05, 0.1) is 11.7 Å². The van der Waals surface area contributed by atoms with Gasteiger partial charge in [0.2, 0.25) is 5.79 Å². The first-order chi connectivity index (χ1) is 9.77. The molecule has 1 aromatic rings. The Hall–Kier alpha value is -1.35. The van der Waals surface area contributed by atoms with Gasteiger partial charge in [-0.2, -0.15) is 0 Å². The summed E-state index contributed by atoms with van der Waals surface area (Å²) in [6.45, 7) is 0. The van der Waals surface area contributed by atoms with E-state index in [0.29, 0.717) is 5.56 Å². The molecule has 2 aliphatic rings. The van der Waals surface area contributed by atoms with Gasteiger partial charge >= 0.3 is 5.97 Å². The van der Waals surface area contributed by atoms with E-state index >= 15 is 0 Å². The summed E-state index contributed by atoms with van der Waals surface area (Å²) in [4.78, 5) is 12.3. The zero-order valence-corrected chi connectivity index (χ0v) is 11.8. The molecule has 0 radical (unpaired) electrons. The van der Waals surface area contributed by atoms with Gasteiger partial charge in [-0.3, -0.25) is 0 Å². The Morgan fingerprint density at radius 3 is 2.35 bits per heavy atom. The largest absolute Gasteiger partial charge is 0.429 e. The van der Waals surface area contributed by atoms with Gasteiger partial charge in [-0.1, -0.05) is 31.0 Å². The molecule has 2 heterocycles. The van der Waals surface area contributed by atoms with Crippen LogP contribution in [-0.4, -0.2) is 17.9 Å². The number of hydrogen-bond donors (Lipinski definition) is 0. The smallest absolute Gasteiger partial charge is 0.340 e. The third kappa shape index (κ3) is 3.04. The highest BCUT2D eigenvalue weighted by atomic mass is 16.7. The van der Waals surface area contributed by atoms with E-state index in [2.05, 4.69) is 0 Å². The molecule has 3 rings (SSSR count). The van der Waals surface area contributed by atoms with Crippen LogP contribution in [0.1, 0.15) is 61.7 Å². The molecule has 0 N–H and O–H groups in total. The summed E-state index contributed by atoms with van der Waals surface area (Å²) in [5.41, 5.74) is 0.607. The Bertz CT molecular complexity index is 443. The quantitative estimate of drug-likeness (QED) is 0.762. The normalized spacial score (nSPS) is 30.1. The molecule has 0 unspecified atom stereocenters.